The monoisotopic (exact) mass is 457 g/mol. The maximum absolute atomic E-state index is 13.3. The molecule has 0 saturated heterocycles. The van der Waals surface area contributed by atoms with Crippen LogP contribution in [0.4, 0.5) is 10.2 Å². The zero-order chi connectivity index (χ0) is 23.7. The zero-order valence-corrected chi connectivity index (χ0v) is 18.4. The van der Waals surface area contributed by atoms with Crippen molar-refractivity contribution in [2.75, 3.05) is 5.32 Å². The van der Waals surface area contributed by atoms with E-state index in [1.165, 1.54) is 23.1 Å². The van der Waals surface area contributed by atoms with Crippen molar-refractivity contribution in [2.24, 2.45) is 0 Å². The van der Waals surface area contributed by atoms with Gasteiger partial charge in [-0.05, 0) is 50.2 Å². The van der Waals surface area contributed by atoms with Gasteiger partial charge in [0, 0.05) is 6.07 Å². The highest BCUT2D eigenvalue weighted by Gasteiger charge is 2.20. The normalized spacial score (nSPS) is 12.0. The Morgan fingerprint density at radius 1 is 1.06 bits per heavy atom. The highest BCUT2D eigenvalue weighted by molar-refractivity contribution is 5.94. The Balaban J connectivity index is 1.46. The second kappa shape index (κ2) is 8.74. The van der Waals surface area contributed by atoms with Crippen LogP contribution in [0.2, 0.25) is 0 Å². The second-order valence-corrected chi connectivity index (χ2v) is 7.61. The minimum atomic E-state index is -0.738. The van der Waals surface area contributed by atoms with Crippen LogP contribution >= 0.6 is 0 Å². The number of carbonyl (C=O) groups excluding carboxylic acids is 1. The molecule has 0 spiro atoms. The highest BCUT2D eigenvalue weighted by atomic mass is 19.1. The van der Waals surface area contributed by atoms with Crippen molar-refractivity contribution in [1.82, 2.24) is 29.5 Å². The molecule has 3 heterocycles. The number of aryl methyl sites for hydroxylation is 1. The first-order chi connectivity index (χ1) is 16.5. The first kappa shape index (κ1) is 21.3. The average Bonchev–Trinajstić information content (AvgIpc) is 3.43. The molecule has 0 fully saturated rings. The number of ether oxygens (including phenoxy) is 1. The summed E-state index contributed by atoms with van der Waals surface area (Å²) >= 11 is 0. The molecule has 5 aromatic rings. The number of aromatic nitrogens is 6. The molecule has 0 saturated carbocycles. The summed E-state index contributed by atoms with van der Waals surface area (Å²) in [5.41, 5.74) is 1.85. The molecular formula is C24H20FN7O2. The SMILES string of the molecule is Cc1cc(NC(=O)C(C)Oc2ccccc2)n(-c2ncnc3c2cnn3-c2ccc(F)cc2)n1. The highest BCUT2D eigenvalue weighted by Crippen LogP contribution is 2.24. The molecule has 5 rings (SSSR count). The first-order valence-electron chi connectivity index (χ1n) is 10.5. The lowest BCUT2D eigenvalue weighted by Crippen LogP contribution is -2.31. The van der Waals surface area contributed by atoms with Gasteiger partial charge < -0.3 is 10.1 Å². The van der Waals surface area contributed by atoms with Gasteiger partial charge in [0.15, 0.2) is 17.6 Å². The topological polar surface area (TPSA) is 99.7 Å². The summed E-state index contributed by atoms with van der Waals surface area (Å²) in [5, 5.41) is 12.4. The number of amides is 1. The number of hydrogen-bond donors (Lipinski definition) is 1. The fourth-order valence-electron chi connectivity index (χ4n) is 3.51. The molecule has 1 atom stereocenters. The number of halogens is 1. The zero-order valence-electron chi connectivity index (χ0n) is 18.4. The Kier molecular flexibility index (Phi) is 5.46. The number of carbonyl (C=O) groups is 1. The van der Waals surface area contributed by atoms with Crippen LogP contribution in [0.25, 0.3) is 22.5 Å². The van der Waals surface area contributed by atoms with Crippen LogP contribution in [-0.4, -0.2) is 41.5 Å². The van der Waals surface area contributed by atoms with E-state index in [1.54, 1.807) is 48.1 Å². The number of fused-ring (bicyclic) bond motifs is 1. The van der Waals surface area contributed by atoms with Gasteiger partial charge in [0.25, 0.3) is 5.91 Å². The summed E-state index contributed by atoms with van der Waals surface area (Å²) in [6, 6.07) is 16.8. The van der Waals surface area contributed by atoms with Crippen molar-refractivity contribution in [1.29, 1.82) is 0 Å². The fraction of sp³-hybridized carbons (Fsp3) is 0.125. The Hall–Kier alpha value is -4.60. The molecule has 10 heteroatoms. The van der Waals surface area contributed by atoms with Gasteiger partial charge in [-0.3, -0.25) is 4.79 Å². The van der Waals surface area contributed by atoms with Gasteiger partial charge >= 0.3 is 0 Å². The molecule has 9 nitrogen and oxygen atoms in total. The van der Waals surface area contributed by atoms with Crippen LogP contribution in [0.15, 0.2) is 73.2 Å². The minimum Gasteiger partial charge on any atom is -0.481 e. The van der Waals surface area contributed by atoms with Crippen LogP contribution < -0.4 is 10.1 Å². The van der Waals surface area contributed by atoms with Crippen LogP contribution in [0.1, 0.15) is 12.6 Å². The lowest BCUT2D eigenvalue weighted by atomic mass is 10.3. The molecule has 0 aliphatic heterocycles. The quantitative estimate of drug-likeness (QED) is 0.416. The van der Waals surface area contributed by atoms with Gasteiger partial charge in [-0.25, -0.2) is 19.0 Å². The fourth-order valence-corrected chi connectivity index (χ4v) is 3.51. The van der Waals surface area contributed by atoms with Crippen LogP contribution in [0.5, 0.6) is 5.75 Å². The number of hydrogen-bond acceptors (Lipinski definition) is 6. The van der Waals surface area contributed by atoms with Crippen LogP contribution in [0.3, 0.4) is 0 Å². The molecular weight excluding hydrogens is 437 g/mol. The largest absolute Gasteiger partial charge is 0.481 e. The molecule has 170 valence electrons. The number of nitrogens with zero attached hydrogens (tertiary/aromatic N) is 6. The number of benzene rings is 2. The van der Waals surface area contributed by atoms with E-state index in [4.69, 9.17) is 4.74 Å². The molecule has 1 unspecified atom stereocenters. The number of anilines is 1. The molecule has 1 amide bonds. The standard InChI is InChI=1S/C24H20FN7O2/c1-15-12-21(29-24(33)16(2)34-19-6-4-3-5-7-19)32(30-15)23-20-13-28-31(22(20)26-14-27-23)18-10-8-17(25)9-11-18/h3-14,16H,1-2H3,(H,29,33). The summed E-state index contributed by atoms with van der Waals surface area (Å²) in [5.74, 6) is 0.796. The molecule has 1 N–H and O–H groups in total. The molecule has 0 aliphatic carbocycles. The van der Waals surface area contributed by atoms with Gasteiger partial charge in [0.1, 0.15) is 23.7 Å². The smallest absolute Gasteiger partial charge is 0.266 e. The predicted molar refractivity (Wildman–Crippen MR) is 124 cm³/mol. The molecule has 3 aromatic heterocycles. The van der Waals surface area contributed by atoms with E-state index in [1.807, 2.05) is 25.1 Å². The van der Waals surface area contributed by atoms with Crippen molar-refractivity contribution in [3.8, 4) is 17.3 Å². The van der Waals surface area contributed by atoms with Crippen molar-refractivity contribution in [2.45, 2.75) is 20.0 Å². The molecule has 2 aromatic carbocycles. The molecule has 0 aliphatic rings. The summed E-state index contributed by atoms with van der Waals surface area (Å²) in [6.07, 6.45) is 2.26. The van der Waals surface area contributed by atoms with Gasteiger partial charge in [-0.2, -0.15) is 14.9 Å². The Bertz CT molecular complexity index is 1460. The Morgan fingerprint density at radius 3 is 2.59 bits per heavy atom. The third-order valence-electron chi connectivity index (χ3n) is 5.12. The molecule has 0 bridgehead atoms. The Morgan fingerprint density at radius 2 is 1.82 bits per heavy atom. The van der Waals surface area contributed by atoms with Crippen LogP contribution in [-0.2, 0) is 4.79 Å². The van der Waals surface area contributed by atoms with Gasteiger partial charge in [0.05, 0.1) is 23.0 Å². The van der Waals surface area contributed by atoms with Crippen molar-refractivity contribution < 1.29 is 13.9 Å². The van der Waals surface area contributed by atoms with E-state index in [2.05, 4.69) is 25.5 Å². The van der Waals surface area contributed by atoms with Crippen molar-refractivity contribution in [3.63, 3.8) is 0 Å². The lowest BCUT2D eigenvalue weighted by molar-refractivity contribution is -0.122. The maximum Gasteiger partial charge on any atom is 0.266 e. The third-order valence-corrected chi connectivity index (χ3v) is 5.12. The summed E-state index contributed by atoms with van der Waals surface area (Å²) in [4.78, 5) is 21.6. The van der Waals surface area contributed by atoms with E-state index < -0.39 is 6.10 Å². The Labute approximate surface area is 193 Å². The third kappa shape index (κ3) is 4.08. The van der Waals surface area contributed by atoms with Crippen LogP contribution in [0, 0.1) is 12.7 Å². The van der Waals surface area contributed by atoms with Gasteiger partial charge in [-0.15, -0.1) is 0 Å². The van der Waals surface area contributed by atoms with E-state index in [0.29, 0.717) is 39.8 Å². The van der Waals surface area contributed by atoms with Gasteiger partial charge in [-0.1, -0.05) is 18.2 Å². The van der Waals surface area contributed by atoms with E-state index >= 15 is 0 Å². The number of rotatable bonds is 6. The second-order valence-electron chi connectivity index (χ2n) is 7.61. The molecule has 34 heavy (non-hydrogen) atoms. The number of para-hydroxylation sites is 1. The summed E-state index contributed by atoms with van der Waals surface area (Å²) < 4.78 is 22.2. The molecule has 0 radical (unpaired) electrons. The van der Waals surface area contributed by atoms with Crippen molar-refractivity contribution in [3.05, 3.63) is 84.7 Å². The van der Waals surface area contributed by atoms with E-state index in [0.717, 1.165) is 0 Å². The minimum absolute atomic E-state index is 0.336. The average molecular weight is 457 g/mol. The maximum atomic E-state index is 13.3. The number of nitrogens with one attached hydrogen (secondary N) is 1. The van der Waals surface area contributed by atoms with Crippen molar-refractivity contribution >= 4 is 22.8 Å². The first-order valence-corrected chi connectivity index (χ1v) is 10.5. The van der Waals surface area contributed by atoms with E-state index in [9.17, 15) is 9.18 Å². The van der Waals surface area contributed by atoms with E-state index in [-0.39, 0.29) is 11.7 Å². The predicted octanol–water partition coefficient (Wildman–Crippen LogP) is 3.85. The van der Waals surface area contributed by atoms with Gasteiger partial charge in [0.2, 0.25) is 0 Å². The lowest BCUT2D eigenvalue weighted by Gasteiger charge is -2.15. The summed E-state index contributed by atoms with van der Waals surface area (Å²) in [6.45, 7) is 3.49. The summed E-state index contributed by atoms with van der Waals surface area (Å²) in [7, 11) is 0.